The van der Waals surface area contributed by atoms with Crippen molar-refractivity contribution in [2.45, 2.75) is 25.8 Å². The summed E-state index contributed by atoms with van der Waals surface area (Å²) in [6.07, 6.45) is 1.34. The van der Waals surface area contributed by atoms with Gasteiger partial charge in [-0.15, -0.1) is 0 Å². The predicted molar refractivity (Wildman–Crippen MR) is 87.7 cm³/mol. The first-order valence-corrected chi connectivity index (χ1v) is 7.92. The Balaban J connectivity index is 1.82. The topological polar surface area (TPSA) is 89.3 Å². The van der Waals surface area contributed by atoms with E-state index in [2.05, 4.69) is 27.9 Å². The minimum Gasteiger partial charge on any atom is -0.497 e. The molecule has 0 spiro atoms. The van der Waals surface area contributed by atoms with Crippen LogP contribution < -0.4 is 15.4 Å². The summed E-state index contributed by atoms with van der Waals surface area (Å²) in [6.45, 7) is 2.08. The first-order chi connectivity index (χ1) is 11.7. The molecule has 2 aromatic rings. The number of aromatic nitrogens is 2. The minimum atomic E-state index is -0.299. The van der Waals surface area contributed by atoms with Crippen LogP contribution in [0.4, 0.5) is 11.6 Å². The number of nitrogens with zero attached hydrogens (tertiary/aromatic N) is 2. The molecule has 1 aliphatic heterocycles. The zero-order valence-corrected chi connectivity index (χ0v) is 13.5. The molecule has 0 saturated carbocycles. The lowest BCUT2D eigenvalue weighted by Gasteiger charge is -2.27. The molecule has 24 heavy (non-hydrogen) atoms. The molecule has 2 unspecified atom stereocenters. The number of methoxy groups -OCH3 is 1. The monoisotopic (exact) mass is 326 g/mol. The van der Waals surface area contributed by atoms with Gasteiger partial charge in [0, 0.05) is 17.7 Å². The van der Waals surface area contributed by atoms with E-state index in [0.29, 0.717) is 24.0 Å². The molecule has 0 bridgehead atoms. The number of anilines is 2. The van der Waals surface area contributed by atoms with Gasteiger partial charge in [-0.3, -0.25) is 4.79 Å². The van der Waals surface area contributed by atoms with Crippen molar-refractivity contribution in [1.82, 2.24) is 10.3 Å². The van der Waals surface area contributed by atoms with Gasteiger partial charge < -0.3 is 15.4 Å². The summed E-state index contributed by atoms with van der Waals surface area (Å²) in [5.41, 5.74) is 2.60. The molecule has 0 fully saturated rings. The summed E-state index contributed by atoms with van der Waals surface area (Å²) in [7, 11) is 1.63. The number of carbonyl (C=O) groups is 1. The third-order valence-corrected chi connectivity index (χ3v) is 4.49. The molecular formula is C17H18N4O3. The van der Waals surface area contributed by atoms with Crippen LogP contribution in [-0.2, 0) is 4.79 Å². The van der Waals surface area contributed by atoms with Crippen molar-refractivity contribution in [2.24, 2.45) is 5.92 Å². The number of benzene rings is 1. The van der Waals surface area contributed by atoms with Crippen molar-refractivity contribution in [2.75, 3.05) is 17.7 Å². The maximum absolute atomic E-state index is 12.7. The lowest BCUT2D eigenvalue weighted by Crippen LogP contribution is -2.26. The van der Waals surface area contributed by atoms with E-state index in [1.165, 1.54) is 0 Å². The van der Waals surface area contributed by atoms with Gasteiger partial charge in [0.25, 0.3) is 0 Å². The summed E-state index contributed by atoms with van der Waals surface area (Å²) in [4.78, 5) is 12.7. The standard InChI is InChI=1S/C17H18N4O3/c1-9-7-12-14(13(22)8-9)15(10-3-5-11(23-2)6-4-10)19-17-16(18-12)20-24-21-17/h3-6,9,15H,7-8H2,1-2H3,(H,18,20)(H,19,21). The second kappa shape index (κ2) is 5.67. The molecular weight excluding hydrogens is 308 g/mol. The second-order valence-electron chi connectivity index (χ2n) is 6.27. The molecule has 2 aliphatic rings. The molecule has 2 N–H and O–H groups in total. The fourth-order valence-electron chi connectivity index (χ4n) is 3.34. The van der Waals surface area contributed by atoms with Gasteiger partial charge in [-0.1, -0.05) is 19.1 Å². The van der Waals surface area contributed by atoms with Crippen molar-refractivity contribution in [3.63, 3.8) is 0 Å². The Kier molecular flexibility index (Phi) is 3.48. The Hall–Kier alpha value is -2.83. The van der Waals surface area contributed by atoms with Crippen LogP contribution >= 0.6 is 0 Å². The van der Waals surface area contributed by atoms with Crippen molar-refractivity contribution in [1.29, 1.82) is 0 Å². The lowest BCUT2D eigenvalue weighted by atomic mass is 9.82. The number of allylic oxidation sites excluding steroid dienone is 1. The van der Waals surface area contributed by atoms with Gasteiger partial charge in [-0.2, -0.15) is 0 Å². The van der Waals surface area contributed by atoms with Gasteiger partial charge >= 0.3 is 0 Å². The van der Waals surface area contributed by atoms with Gasteiger partial charge in [0.15, 0.2) is 5.78 Å². The van der Waals surface area contributed by atoms with E-state index in [4.69, 9.17) is 9.37 Å². The molecule has 124 valence electrons. The number of hydrogen-bond acceptors (Lipinski definition) is 7. The van der Waals surface area contributed by atoms with E-state index in [9.17, 15) is 4.79 Å². The van der Waals surface area contributed by atoms with E-state index in [1.54, 1.807) is 7.11 Å². The van der Waals surface area contributed by atoms with E-state index in [0.717, 1.165) is 29.0 Å². The number of fused-ring (bicyclic) bond motifs is 1. The number of Topliss-reactive ketones (excluding diaryl/α,β-unsaturated/α-hetero) is 1. The van der Waals surface area contributed by atoms with Gasteiger partial charge in [-0.25, -0.2) is 4.63 Å². The normalized spacial score (nSPS) is 22.8. The molecule has 7 heteroatoms. The first-order valence-electron chi connectivity index (χ1n) is 7.92. The maximum atomic E-state index is 12.7. The van der Waals surface area contributed by atoms with Crippen molar-refractivity contribution < 1.29 is 14.2 Å². The SMILES string of the molecule is COc1ccc(C2Nc3nonc3NC3=C2C(=O)CC(C)C3)cc1. The van der Waals surface area contributed by atoms with Gasteiger partial charge in [0.1, 0.15) is 5.75 Å². The van der Waals surface area contributed by atoms with E-state index >= 15 is 0 Å². The van der Waals surface area contributed by atoms with Crippen LogP contribution in [0.15, 0.2) is 40.2 Å². The smallest absolute Gasteiger partial charge is 0.219 e. The molecule has 1 aliphatic carbocycles. The van der Waals surface area contributed by atoms with Crippen LogP contribution in [0.5, 0.6) is 5.75 Å². The predicted octanol–water partition coefficient (Wildman–Crippen LogP) is 2.91. The molecule has 1 aromatic heterocycles. The van der Waals surface area contributed by atoms with Crippen LogP contribution in [0.2, 0.25) is 0 Å². The van der Waals surface area contributed by atoms with Crippen LogP contribution in [0.25, 0.3) is 0 Å². The average Bonchev–Trinajstić information content (AvgIpc) is 2.94. The largest absolute Gasteiger partial charge is 0.497 e. The molecule has 2 atom stereocenters. The van der Waals surface area contributed by atoms with Crippen LogP contribution in [0.1, 0.15) is 31.4 Å². The summed E-state index contributed by atoms with van der Waals surface area (Å²) < 4.78 is 10.0. The number of ether oxygens (including phenoxy) is 1. The summed E-state index contributed by atoms with van der Waals surface area (Å²) in [5.74, 6) is 2.23. The first kappa shape index (κ1) is 14.7. The van der Waals surface area contributed by atoms with Crippen LogP contribution in [-0.4, -0.2) is 23.2 Å². The highest BCUT2D eigenvalue weighted by Crippen LogP contribution is 2.40. The van der Waals surface area contributed by atoms with Crippen LogP contribution in [0.3, 0.4) is 0 Å². The number of hydrogen-bond donors (Lipinski definition) is 2. The quantitative estimate of drug-likeness (QED) is 0.877. The van der Waals surface area contributed by atoms with Crippen molar-refractivity contribution in [3.8, 4) is 5.75 Å². The van der Waals surface area contributed by atoms with Crippen LogP contribution in [0, 0.1) is 5.92 Å². The Morgan fingerprint density at radius 2 is 1.92 bits per heavy atom. The highest BCUT2D eigenvalue weighted by atomic mass is 16.6. The minimum absolute atomic E-state index is 0.145. The van der Waals surface area contributed by atoms with Crippen molar-refractivity contribution >= 4 is 17.4 Å². The van der Waals surface area contributed by atoms with Gasteiger partial charge in [0.05, 0.1) is 13.2 Å². The second-order valence-corrected chi connectivity index (χ2v) is 6.27. The molecule has 0 radical (unpaired) electrons. The lowest BCUT2D eigenvalue weighted by molar-refractivity contribution is -0.117. The highest BCUT2D eigenvalue weighted by molar-refractivity contribution is 6.00. The molecule has 0 amide bonds. The third kappa shape index (κ3) is 2.42. The summed E-state index contributed by atoms with van der Waals surface area (Å²) in [5, 5.41) is 14.3. The molecule has 7 nitrogen and oxygen atoms in total. The Bertz CT molecular complexity index is 809. The fraction of sp³-hybridized carbons (Fsp3) is 0.353. The average molecular weight is 326 g/mol. The number of nitrogens with one attached hydrogen (secondary N) is 2. The van der Waals surface area contributed by atoms with Gasteiger partial charge in [0.2, 0.25) is 11.6 Å². The number of rotatable bonds is 2. The van der Waals surface area contributed by atoms with E-state index in [1.807, 2.05) is 24.3 Å². The zero-order chi connectivity index (χ0) is 16.7. The van der Waals surface area contributed by atoms with Gasteiger partial charge in [-0.05, 0) is 40.3 Å². The molecule has 1 aromatic carbocycles. The van der Waals surface area contributed by atoms with Crippen molar-refractivity contribution in [3.05, 3.63) is 41.1 Å². The number of carbonyl (C=O) groups excluding carboxylic acids is 1. The van der Waals surface area contributed by atoms with E-state index in [-0.39, 0.29) is 11.8 Å². The fourth-order valence-corrected chi connectivity index (χ4v) is 3.34. The summed E-state index contributed by atoms with van der Waals surface area (Å²) >= 11 is 0. The Morgan fingerprint density at radius 3 is 2.67 bits per heavy atom. The molecule has 4 rings (SSSR count). The maximum Gasteiger partial charge on any atom is 0.219 e. The molecule has 0 saturated heterocycles. The Labute approximate surface area is 139 Å². The van der Waals surface area contributed by atoms with E-state index < -0.39 is 0 Å². The Morgan fingerprint density at radius 1 is 1.17 bits per heavy atom. The highest BCUT2D eigenvalue weighted by Gasteiger charge is 2.35. The zero-order valence-electron chi connectivity index (χ0n) is 13.5. The third-order valence-electron chi connectivity index (χ3n) is 4.49. The number of ketones is 1. The summed E-state index contributed by atoms with van der Waals surface area (Å²) in [6, 6.07) is 7.36. The molecule has 2 heterocycles.